The van der Waals surface area contributed by atoms with Crippen LogP contribution in [0.2, 0.25) is 0 Å². The largest absolute Gasteiger partial charge is 0.480 e. The van der Waals surface area contributed by atoms with Crippen molar-refractivity contribution in [1.29, 1.82) is 0 Å². The van der Waals surface area contributed by atoms with Gasteiger partial charge in [0.2, 0.25) is 0 Å². The van der Waals surface area contributed by atoms with Gasteiger partial charge in [0.1, 0.15) is 6.04 Å². The molecule has 2 aliphatic rings. The van der Waals surface area contributed by atoms with Crippen molar-refractivity contribution in [3.05, 3.63) is 0 Å². The number of carboxylic acid groups (broad SMARTS) is 1. The van der Waals surface area contributed by atoms with Gasteiger partial charge >= 0.3 is 12.0 Å². The van der Waals surface area contributed by atoms with Gasteiger partial charge in [-0.2, -0.15) is 0 Å². The molecule has 2 N–H and O–H groups in total. The molecule has 0 aromatic rings. The summed E-state index contributed by atoms with van der Waals surface area (Å²) in [5.74, 6) is -0.885. The molecule has 114 valence electrons. The second kappa shape index (κ2) is 6.43. The highest BCUT2D eigenvalue weighted by molar-refractivity contribution is 5.83. The summed E-state index contributed by atoms with van der Waals surface area (Å²) < 4.78 is 0. The summed E-state index contributed by atoms with van der Waals surface area (Å²) in [5.41, 5.74) is 0. The maximum atomic E-state index is 12.2. The lowest BCUT2D eigenvalue weighted by atomic mass is 10.0. The molecule has 0 radical (unpaired) electrons. The fourth-order valence-corrected chi connectivity index (χ4v) is 3.24. The monoisotopic (exact) mass is 283 g/mol. The molecule has 0 aromatic carbocycles. The molecule has 0 saturated carbocycles. The molecule has 0 spiro atoms. The maximum Gasteiger partial charge on any atom is 0.326 e. The van der Waals surface area contributed by atoms with E-state index in [1.165, 1.54) is 17.7 Å². The van der Waals surface area contributed by atoms with Crippen LogP contribution in [0.25, 0.3) is 0 Å². The molecule has 2 saturated heterocycles. The number of hydrogen-bond acceptors (Lipinski definition) is 3. The number of rotatable bonds is 4. The van der Waals surface area contributed by atoms with Crippen LogP contribution < -0.4 is 5.32 Å². The van der Waals surface area contributed by atoms with Crippen molar-refractivity contribution < 1.29 is 14.7 Å². The second-order valence-corrected chi connectivity index (χ2v) is 6.10. The quantitative estimate of drug-likeness (QED) is 0.806. The fraction of sp³-hybridized carbons (Fsp3) is 0.857. The highest BCUT2D eigenvalue weighted by atomic mass is 16.4. The Morgan fingerprint density at radius 1 is 1.30 bits per heavy atom. The summed E-state index contributed by atoms with van der Waals surface area (Å²) in [6.07, 6.45) is 3.21. The first kappa shape index (κ1) is 15.1. The average molecular weight is 283 g/mol. The van der Waals surface area contributed by atoms with E-state index in [2.05, 4.69) is 10.2 Å². The molecule has 0 aliphatic carbocycles. The minimum atomic E-state index is -0.905. The van der Waals surface area contributed by atoms with Gasteiger partial charge in [0.25, 0.3) is 0 Å². The molecule has 2 amide bonds. The van der Waals surface area contributed by atoms with Crippen LogP contribution >= 0.6 is 0 Å². The summed E-state index contributed by atoms with van der Waals surface area (Å²) in [5, 5.41) is 12.2. The van der Waals surface area contributed by atoms with Gasteiger partial charge in [-0.25, -0.2) is 9.59 Å². The van der Waals surface area contributed by atoms with Gasteiger partial charge in [0.05, 0.1) is 0 Å². The Balaban J connectivity index is 1.85. The summed E-state index contributed by atoms with van der Waals surface area (Å²) >= 11 is 0. The predicted molar refractivity (Wildman–Crippen MR) is 75.6 cm³/mol. The molecule has 2 aliphatic heterocycles. The van der Waals surface area contributed by atoms with E-state index in [0.29, 0.717) is 6.54 Å². The number of carbonyl (C=O) groups is 2. The van der Waals surface area contributed by atoms with E-state index in [0.717, 1.165) is 26.1 Å². The number of nitrogens with zero attached hydrogens (tertiary/aromatic N) is 2. The average Bonchev–Trinajstić information content (AvgIpc) is 2.97. The zero-order valence-electron chi connectivity index (χ0n) is 12.3. The third kappa shape index (κ3) is 3.42. The lowest BCUT2D eigenvalue weighted by Crippen LogP contribution is -2.51. The fourth-order valence-electron chi connectivity index (χ4n) is 3.24. The first-order chi connectivity index (χ1) is 9.49. The second-order valence-electron chi connectivity index (χ2n) is 6.10. The minimum absolute atomic E-state index is 0.0205. The number of carboxylic acids is 1. The Hall–Kier alpha value is -1.30. The van der Waals surface area contributed by atoms with E-state index in [1.807, 2.05) is 13.8 Å². The molecule has 2 heterocycles. The van der Waals surface area contributed by atoms with Gasteiger partial charge in [-0.1, -0.05) is 6.92 Å². The normalized spacial score (nSPS) is 28.6. The number of urea groups is 1. The number of hydrogen-bond donors (Lipinski definition) is 2. The van der Waals surface area contributed by atoms with E-state index in [9.17, 15) is 14.7 Å². The molecule has 6 nitrogen and oxygen atoms in total. The number of nitrogens with one attached hydrogen (secondary N) is 1. The Kier molecular flexibility index (Phi) is 4.86. The van der Waals surface area contributed by atoms with Gasteiger partial charge in [0.15, 0.2) is 0 Å². The van der Waals surface area contributed by atoms with E-state index >= 15 is 0 Å². The molecule has 0 aromatic heterocycles. The van der Waals surface area contributed by atoms with E-state index in [1.54, 1.807) is 0 Å². The standard InChI is InChI=1S/C14H25N3O3/c1-10-5-8-17(12(10)13(18)19)14(20)15-11(2)9-16-6-3-4-7-16/h10-12H,3-9H2,1-2H3,(H,15,20)(H,18,19). The molecule has 20 heavy (non-hydrogen) atoms. The van der Waals surface area contributed by atoms with E-state index in [-0.39, 0.29) is 18.0 Å². The lowest BCUT2D eigenvalue weighted by molar-refractivity contribution is -0.142. The summed E-state index contributed by atoms with van der Waals surface area (Å²) in [4.78, 5) is 27.3. The van der Waals surface area contributed by atoms with Crippen molar-refractivity contribution in [3.63, 3.8) is 0 Å². The number of aliphatic carboxylic acids is 1. The smallest absolute Gasteiger partial charge is 0.326 e. The predicted octanol–water partition coefficient (Wildman–Crippen LogP) is 0.975. The third-order valence-electron chi connectivity index (χ3n) is 4.31. The van der Waals surface area contributed by atoms with Crippen molar-refractivity contribution in [2.45, 2.75) is 45.2 Å². The van der Waals surface area contributed by atoms with Crippen molar-refractivity contribution in [1.82, 2.24) is 15.1 Å². The van der Waals surface area contributed by atoms with Crippen LogP contribution in [0.3, 0.4) is 0 Å². The molecule has 6 heteroatoms. The molecule has 0 bridgehead atoms. The topological polar surface area (TPSA) is 72.9 Å². The van der Waals surface area contributed by atoms with Crippen LogP contribution in [-0.2, 0) is 4.79 Å². The van der Waals surface area contributed by atoms with Crippen LogP contribution in [0.4, 0.5) is 4.79 Å². The number of amides is 2. The Morgan fingerprint density at radius 2 is 1.95 bits per heavy atom. The number of carbonyl (C=O) groups excluding carboxylic acids is 1. The van der Waals surface area contributed by atoms with Crippen molar-refractivity contribution in [2.75, 3.05) is 26.2 Å². The molecule has 3 unspecified atom stereocenters. The molecular weight excluding hydrogens is 258 g/mol. The molecular formula is C14H25N3O3. The first-order valence-corrected chi connectivity index (χ1v) is 7.51. The Bertz CT molecular complexity index is 369. The summed E-state index contributed by atoms with van der Waals surface area (Å²) in [6.45, 7) is 7.43. The van der Waals surface area contributed by atoms with Crippen LogP contribution in [0.5, 0.6) is 0 Å². The van der Waals surface area contributed by atoms with Crippen molar-refractivity contribution in [2.24, 2.45) is 5.92 Å². The van der Waals surface area contributed by atoms with Gasteiger partial charge < -0.3 is 20.2 Å². The summed E-state index contributed by atoms with van der Waals surface area (Å²) in [6, 6.07) is -0.881. The van der Waals surface area contributed by atoms with Gasteiger partial charge in [-0.05, 0) is 45.2 Å². The SMILES string of the molecule is CC(CN1CCCC1)NC(=O)N1CCC(C)C1C(=O)O. The minimum Gasteiger partial charge on any atom is -0.480 e. The van der Waals surface area contributed by atoms with Crippen molar-refractivity contribution >= 4 is 12.0 Å². The lowest BCUT2D eigenvalue weighted by Gasteiger charge is -2.27. The third-order valence-corrected chi connectivity index (χ3v) is 4.31. The van der Waals surface area contributed by atoms with Crippen molar-refractivity contribution in [3.8, 4) is 0 Å². The van der Waals surface area contributed by atoms with Crippen LogP contribution in [0.1, 0.15) is 33.1 Å². The molecule has 2 rings (SSSR count). The Morgan fingerprint density at radius 3 is 2.55 bits per heavy atom. The van der Waals surface area contributed by atoms with Crippen LogP contribution in [0.15, 0.2) is 0 Å². The highest BCUT2D eigenvalue weighted by Crippen LogP contribution is 2.24. The van der Waals surface area contributed by atoms with Crippen LogP contribution in [-0.4, -0.2) is 65.2 Å². The van der Waals surface area contributed by atoms with E-state index in [4.69, 9.17) is 0 Å². The number of likely N-dealkylation sites (tertiary alicyclic amines) is 2. The highest BCUT2D eigenvalue weighted by Gasteiger charge is 2.39. The molecule has 3 atom stereocenters. The van der Waals surface area contributed by atoms with Gasteiger partial charge in [0, 0.05) is 19.1 Å². The summed E-state index contributed by atoms with van der Waals surface area (Å²) in [7, 11) is 0. The Labute approximate surface area is 120 Å². The van der Waals surface area contributed by atoms with Crippen LogP contribution in [0, 0.1) is 5.92 Å². The first-order valence-electron chi connectivity index (χ1n) is 7.51. The zero-order chi connectivity index (χ0) is 14.7. The molecule has 2 fully saturated rings. The van der Waals surface area contributed by atoms with Gasteiger partial charge in [-0.3, -0.25) is 0 Å². The van der Waals surface area contributed by atoms with Gasteiger partial charge in [-0.15, -0.1) is 0 Å². The van der Waals surface area contributed by atoms with E-state index < -0.39 is 12.0 Å². The zero-order valence-corrected chi connectivity index (χ0v) is 12.3. The maximum absolute atomic E-state index is 12.2.